The van der Waals surface area contributed by atoms with Gasteiger partial charge in [0.05, 0.1) is 18.8 Å². The van der Waals surface area contributed by atoms with Crippen LogP contribution in [0.15, 0.2) is 41.1 Å². The maximum absolute atomic E-state index is 11.9. The molecule has 0 fully saturated rings. The topological polar surface area (TPSA) is 75.4 Å². The van der Waals surface area contributed by atoms with E-state index in [0.717, 1.165) is 5.56 Å². The minimum atomic E-state index is -0.437. The molecule has 18 heavy (non-hydrogen) atoms. The van der Waals surface area contributed by atoms with Gasteiger partial charge in [0, 0.05) is 0 Å². The number of hydrogen-bond donors (Lipinski definition) is 2. The molecule has 2 rings (SSSR count). The number of hydrogen-bond acceptors (Lipinski definition) is 4. The minimum Gasteiger partial charge on any atom is -0.394 e. The Morgan fingerprint density at radius 2 is 2.17 bits per heavy atom. The Balaban J connectivity index is 2.13. The molecule has 0 unspecified atom stereocenters. The summed E-state index contributed by atoms with van der Waals surface area (Å²) in [5.74, 6) is 0.147. The molecule has 1 aromatic carbocycles. The molecule has 0 aliphatic carbocycles. The number of benzene rings is 1. The second-order valence-corrected chi connectivity index (χ2v) is 3.91. The Morgan fingerprint density at radius 3 is 2.72 bits per heavy atom. The number of amides is 1. The van der Waals surface area contributed by atoms with Crippen molar-refractivity contribution in [3.8, 4) is 0 Å². The molecule has 5 heteroatoms. The van der Waals surface area contributed by atoms with E-state index in [2.05, 4.69) is 10.5 Å². The third-order valence-corrected chi connectivity index (χ3v) is 2.69. The Morgan fingerprint density at radius 1 is 1.44 bits per heavy atom. The van der Waals surface area contributed by atoms with Gasteiger partial charge in [-0.3, -0.25) is 4.79 Å². The quantitative estimate of drug-likeness (QED) is 0.856. The zero-order valence-electron chi connectivity index (χ0n) is 9.96. The lowest BCUT2D eigenvalue weighted by Gasteiger charge is -2.16. The van der Waals surface area contributed by atoms with Crippen LogP contribution in [-0.2, 0) is 0 Å². The van der Waals surface area contributed by atoms with Crippen LogP contribution in [0.25, 0.3) is 0 Å². The van der Waals surface area contributed by atoms with Crippen LogP contribution in [0.1, 0.15) is 27.7 Å². The molecular weight excluding hydrogens is 232 g/mol. The Hall–Kier alpha value is -2.14. The van der Waals surface area contributed by atoms with Gasteiger partial charge in [-0.15, -0.1) is 0 Å². The van der Waals surface area contributed by atoms with Crippen molar-refractivity contribution in [1.82, 2.24) is 10.5 Å². The molecule has 1 heterocycles. The van der Waals surface area contributed by atoms with Crippen molar-refractivity contribution in [2.45, 2.75) is 13.0 Å². The third-order valence-electron chi connectivity index (χ3n) is 2.69. The predicted molar refractivity (Wildman–Crippen MR) is 65.0 cm³/mol. The standard InChI is InChI=1S/C13H14N2O3/c1-9-11(7-14-18-9)13(17)15-12(8-16)10-5-3-2-4-6-10/h2-7,12,16H,8H2,1H3,(H,15,17)/t12-/m1/s1. The molecule has 5 nitrogen and oxygen atoms in total. The van der Waals surface area contributed by atoms with E-state index >= 15 is 0 Å². The molecule has 1 aromatic heterocycles. The lowest BCUT2D eigenvalue weighted by Crippen LogP contribution is -2.30. The summed E-state index contributed by atoms with van der Waals surface area (Å²) in [5.41, 5.74) is 1.23. The van der Waals surface area contributed by atoms with E-state index in [1.807, 2.05) is 30.3 Å². The van der Waals surface area contributed by atoms with Crippen LogP contribution >= 0.6 is 0 Å². The minimum absolute atomic E-state index is 0.167. The number of aliphatic hydroxyl groups is 1. The predicted octanol–water partition coefficient (Wildman–Crippen LogP) is 1.45. The molecule has 1 atom stereocenters. The molecular formula is C13H14N2O3. The van der Waals surface area contributed by atoms with Crippen molar-refractivity contribution in [3.05, 3.63) is 53.4 Å². The van der Waals surface area contributed by atoms with Crippen LogP contribution in [0.2, 0.25) is 0 Å². The fraction of sp³-hybridized carbons (Fsp3) is 0.231. The fourth-order valence-electron chi connectivity index (χ4n) is 1.67. The van der Waals surface area contributed by atoms with Crippen LogP contribution in [0, 0.1) is 6.92 Å². The smallest absolute Gasteiger partial charge is 0.257 e. The summed E-state index contributed by atoms with van der Waals surface area (Å²) in [6.07, 6.45) is 1.37. The molecule has 2 N–H and O–H groups in total. The van der Waals surface area contributed by atoms with Crippen LogP contribution in [0.5, 0.6) is 0 Å². The van der Waals surface area contributed by atoms with Crippen molar-refractivity contribution < 1.29 is 14.4 Å². The molecule has 0 saturated carbocycles. The second kappa shape index (κ2) is 5.46. The normalized spacial score (nSPS) is 12.1. The maximum atomic E-state index is 11.9. The number of aliphatic hydroxyl groups excluding tert-OH is 1. The van der Waals surface area contributed by atoms with Gasteiger partial charge in [-0.1, -0.05) is 35.5 Å². The number of nitrogens with one attached hydrogen (secondary N) is 1. The number of aryl methyl sites for hydroxylation is 1. The Kier molecular flexibility index (Phi) is 3.74. The number of carbonyl (C=O) groups is 1. The maximum Gasteiger partial charge on any atom is 0.257 e. The van der Waals surface area contributed by atoms with Crippen LogP contribution in [-0.4, -0.2) is 22.8 Å². The molecule has 0 saturated heterocycles. The summed E-state index contributed by atoms with van der Waals surface area (Å²) < 4.78 is 4.83. The van der Waals surface area contributed by atoms with Gasteiger partial charge in [-0.05, 0) is 12.5 Å². The molecule has 94 valence electrons. The fourth-order valence-corrected chi connectivity index (χ4v) is 1.67. The highest BCUT2D eigenvalue weighted by Crippen LogP contribution is 2.13. The molecule has 2 aromatic rings. The highest BCUT2D eigenvalue weighted by atomic mass is 16.5. The lowest BCUT2D eigenvalue weighted by molar-refractivity contribution is 0.0914. The van der Waals surface area contributed by atoms with Gasteiger partial charge in [-0.25, -0.2) is 0 Å². The zero-order chi connectivity index (χ0) is 13.0. The van der Waals surface area contributed by atoms with Gasteiger partial charge in [0.1, 0.15) is 11.3 Å². The summed E-state index contributed by atoms with van der Waals surface area (Å²) in [4.78, 5) is 11.9. The van der Waals surface area contributed by atoms with Gasteiger partial charge >= 0.3 is 0 Å². The van der Waals surface area contributed by atoms with E-state index in [0.29, 0.717) is 11.3 Å². The first-order chi connectivity index (χ1) is 8.72. The summed E-state index contributed by atoms with van der Waals surface area (Å²) in [6.45, 7) is 1.50. The van der Waals surface area contributed by atoms with Gasteiger partial charge in [0.15, 0.2) is 0 Å². The lowest BCUT2D eigenvalue weighted by atomic mass is 10.1. The molecule has 0 aliphatic heterocycles. The Labute approximate surface area is 104 Å². The first kappa shape index (κ1) is 12.3. The molecule has 0 radical (unpaired) electrons. The molecule has 1 amide bonds. The van der Waals surface area contributed by atoms with Gasteiger partial charge in [0.25, 0.3) is 5.91 Å². The second-order valence-electron chi connectivity index (χ2n) is 3.91. The van der Waals surface area contributed by atoms with E-state index in [-0.39, 0.29) is 12.5 Å². The first-order valence-electron chi connectivity index (χ1n) is 5.60. The average Bonchev–Trinajstić information content (AvgIpc) is 2.83. The highest BCUT2D eigenvalue weighted by Gasteiger charge is 2.18. The van der Waals surface area contributed by atoms with Crippen molar-refractivity contribution in [1.29, 1.82) is 0 Å². The highest BCUT2D eigenvalue weighted by molar-refractivity contribution is 5.95. The summed E-state index contributed by atoms with van der Waals surface area (Å²) in [6, 6.07) is 8.85. The van der Waals surface area contributed by atoms with Crippen molar-refractivity contribution in [3.63, 3.8) is 0 Å². The van der Waals surface area contributed by atoms with Crippen molar-refractivity contribution in [2.75, 3.05) is 6.61 Å². The van der Waals surface area contributed by atoms with Gasteiger partial charge in [-0.2, -0.15) is 0 Å². The number of aromatic nitrogens is 1. The van der Waals surface area contributed by atoms with E-state index in [1.165, 1.54) is 6.20 Å². The third kappa shape index (κ3) is 2.57. The van der Waals surface area contributed by atoms with Crippen molar-refractivity contribution >= 4 is 5.91 Å². The largest absolute Gasteiger partial charge is 0.394 e. The summed E-state index contributed by atoms with van der Waals surface area (Å²) in [7, 11) is 0. The zero-order valence-corrected chi connectivity index (χ0v) is 9.96. The molecule has 0 spiro atoms. The molecule has 0 aliphatic rings. The average molecular weight is 246 g/mol. The van der Waals surface area contributed by atoms with E-state index in [9.17, 15) is 9.90 Å². The van der Waals surface area contributed by atoms with E-state index in [4.69, 9.17) is 4.52 Å². The summed E-state index contributed by atoms with van der Waals surface area (Å²) in [5, 5.41) is 15.6. The van der Waals surface area contributed by atoms with Gasteiger partial charge < -0.3 is 14.9 Å². The van der Waals surface area contributed by atoms with E-state index < -0.39 is 6.04 Å². The Bertz CT molecular complexity index is 522. The van der Waals surface area contributed by atoms with Gasteiger partial charge in [0.2, 0.25) is 0 Å². The van der Waals surface area contributed by atoms with E-state index in [1.54, 1.807) is 6.92 Å². The monoisotopic (exact) mass is 246 g/mol. The van der Waals surface area contributed by atoms with Crippen LogP contribution < -0.4 is 5.32 Å². The van der Waals surface area contributed by atoms with Crippen LogP contribution in [0.3, 0.4) is 0 Å². The number of rotatable bonds is 4. The first-order valence-corrected chi connectivity index (χ1v) is 5.60. The SMILES string of the molecule is Cc1oncc1C(=O)N[C@H](CO)c1ccccc1. The molecule has 0 bridgehead atoms. The number of carbonyl (C=O) groups excluding carboxylic acids is 1. The number of nitrogens with zero attached hydrogens (tertiary/aromatic N) is 1. The van der Waals surface area contributed by atoms with Crippen molar-refractivity contribution in [2.24, 2.45) is 0 Å². The summed E-state index contributed by atoms with van der Waals surface area (Å²) >= 11 is 0. The van der Waals surface area contributed by atoms with Crippen LogP contribution in [0.4, 0.5) is 0 Å².